The summed E-state index contributed by atoms with van der Waals surface area (Å²) in [6.07, 6.45) is 6.17. The Labute approximate surface area is 315 Å². The van der Waals surface area contributed by atoms with E-state index in [4.69, 9.17) is 4.74 Å². The zero-order valence-corrected chi connectivity index (χ0v) is 32.9. The highest BCUT2D eigenvalue weighted by atomic mass is 16.6. The van der Waals surface area contributed by atoms with E-state index in [0.717, 1.165) is 17.5 Å². The number of urea groups is 1. The van der Waals surface area contributed by atoms with Crippen molar-refractivity contribution in [2.75, 3.05) is 13.1 Å². The zero-order chi connectivity index (χ0) is 39.7. The standard InChI is InChI=1S/C41H61N5O7/c1-11-14-19-30(34(47)36(49)42-20-12-2)43-35(48)31-23-29(41(9,10)13-3)24-46(31)37(50)33(28-21-26-17-15-16-18-27(26)22-28)45-39(52)44-32(25(4)5)38(51)53-40(6,7)8/h12-13,15-18,25,28-33H,2-3,11,14,19-24H2,1,4-10H3,(H,42,49)(H,43,48)(H2,44,45,52)/t29-,30?,31+,32+,33+/m1/s1. The number of fused-ring (bicyclic) bond motifs is 1. The summed E-state index contributed by atoms with van der Waals surface area (Å²) in [4.78, 5) is 83.3. The van der Waals surface area contributed by atoms with Gasteiger partial charge < -0.3 is 30.9 Å². The van der Waals surface area contributed by atoms with E-state index in [2.05, 4.69) is 34.4 Å². The molecule has 1 aromatic rings. The van der Waals surface area contributed by atoms with Crippen molar-refractivity contribution < 1.29 is 33.5 Å². The minimum absolute atomic E-state index is 0.102. The van der Waals surface area contributed by atoms with Gasteiger partial charge in [-0.1, -0.05) is 83.9 Å². The predicted molar refractivity (Wildman–Crippen MR) is 205 cm³/mol. The quantitative estimate of drug-likeness (QED) is 0.105. The van der Waals surface area contributed by atoms with Gasteiger partial charge in [0.15, 0.2) is 0 Å². The molecule has 1 saturated heterocycles. The van der Waals surface area contributed by atoms with Crippen molar-refractivity contribution in [3.05, 3.63) is 60.7 Å². The Morgan fingerprint density at radius 3 is 2.11 bits per heavy atom. The van der Waals surface area contributed by atoms with Gasteiger partial charge in [0, 0.05) is 13.1 Å². The fourth-order valence-corrected chi connectivity index (χ4v) is 6.96. The van der Waals surface area contributed by atoms with Gasteiger partial charge in [-0.3, -0.25) is 19.2 Å². The minimum Gasteiger partial charge on any atom is -0.458 e. The molecule has 12 heteroatoms. The second-order valence-electron chi connectivity index (χ2n) is 16.3. The number of likely N-dealkylation sites (tertiary alicyclic amines) is 1. The number of benzene rings is 1. The van der Waals surface area contributed by atoms with E-state index in [1.807, 2.05) is 45.0 Å². The Hall–Kier alpha value is -4.48. The molecule has 0 aromatic heterocycles. The third-order valence-corrected chi connectivity index (χ3v) is 10.3. The monoisotopic (exact) mass is 735 g/mol. The van der Waals surface area contributed by atoms with Crippen molar-refractivity contribution in [1.82, 2.24) is 26.2 Å². The lowest BCUT2D eigenvalue weighted by molar-refractivity contribution is -0.158. The van der Waals surface area contributed by atoms with Gasteiger partial charge >= 0.3 is 12.0 Å². The Kier molecular flexibility index (Phi) is 15.0. The van der Waals surface area contributed by atoms with Crippen LogP contribution in [0.1, 0.15) is 92.2 Å². The molecular weight excluding hydrogens is 674 g/mol. The molecular formula is C41H61N5O7. The molecule has 0 saturated carbocycles. The number of nitrogens with one attached hydrogen (secondary N) is 4. The predicted octanol–water partition coefficient (Wildman–Crippen LogP) is 4.41. The Morgan fingerprint density at radius 1 is 0.962 bits per heavy atom. The molecule has 12 nitrogen and oxygen atoms in total. The maximum atomic E-state index is 14.9. The highest BCUT2D eigenvalue weighted by Crippen LogP contribution is 2.39. The number of esters is 1. The van der Waals surface area contributed by atoms with Crippen molar-refractivity contribution in [3.63, 3.8) is 0 Å². The first kappa shape index (κ1) is 42.9. The molecule has 1 aromatic carbocycles. The molecule has 4 N–H and O–H groups in total. The molecule has 1 heterocycles. The number of ketones is 1. The van der Waals surface area contributed by atoms with Gasteiger partial charge in [0.25, 0.3) is 5.91 Å². The Balaban J connectivity index is 1.98. The average Bonchev–Trinajstić information content (AvgIpc) is 3.74. The molecule has 0 radical (unpaired) electrons. The summed E-state index contributed by atoms with van der Waals surface area (Å²) >= 11 is 0. The molecule has 0 bridgehead atoms. The molecule has 1 aliphatic carbocycles. The largest absolute Gasteiger partial charge is 0.458 e. The fraction of sp³-hybridized carbons (Fsp3) is 0.610. The molecule has 1 fully saturated rings. The second kappa shape index (κ2) is 18.5. The number of hydrogen-bond donors (Lipinski definition) is 4. The van der Waals surface area contributed by atoms with Crippen LogP contribution in [0.3, 0.4) is 0 Å². The lowest BCUT2D eigenvalue weighted by Gasteiger charge is -2.33. The summed E-state index contributed by atoms with van der Waals surface area (Å²) in [6, 6.07) is 3.06. The van der Waals surface area contributed by atoms with Crippen LogP contribution in [0.15, 0.2) is 49.6 Å². The van der Waals surface area contributed by atoms with Gasteiger partial charge in [-0.2, -0.15) is 0 Å². The molecule has 2 aliphatic rings. The first-order chi connectivity index (χ1) is 24.8. The van der Waals surface area contributed by atoms with Crippen LogP contribution in [0.2, 0.25) is 0 Å². The van der Waals surface area contributed by atoms with E-state index in [0.29, 0.717) is 19.3 Å². The molecule has 53 heavy (non-hydrogen) atoms. The van der Waals surface area contributed by atoms with Crippen molar-refractivity contribution in [3.8, 4) is 0 Å². The molecule has 1 aliphatic heterocycles. The fourth-order valence-electron chi connectivity index (χ4n) is 6.96. The normalized spacial score (nSPS) is 19.0. The number of nitrogens with zero attached hydrogens (tertiary/aromatic N) is 1. The summed E-state index contributed by atoms with van der Waals surface area (Å²) in [6.45, 7) is 22.6. The summed E-state index contributed by atoms with van der Waals surface area (Å²) in [5.41, 5.74) is 0.907. The summed E-state index contributed by atoms with van der Waals surface area (Å²) in [5, 5.41) is 11.0. The topological polar surface area (TPSA) is 163 Å². The smallest absolute Gasteiger partial charge is 0.329 e. The van der Waals surface area contributed by atoms with Crippen molar-refractivity contribution >= 4 is 35.5 Å². The maximum absolute atomic E-state index is 14.9. The Morgan fingerprint density at radius 2 is 1.58 bits per heavy atom. The number of rotatable bonds is 17. The van der Waals surface area contributed by atoms with E-state index < -0.39 is 70.7 Å². The summed E-state index contributed by atoms with van der Waals surface area (Å²) in [5.74, 6) is -3.99. The molecule has 1 unspecified atom stereocenters. The summed E-state index contributed by atoms with van der Waals surface area (Å²) in [7, 11) is 0. The van der Waals surface area contributed by atoms with Crippen LogP contribution in [0.5, 0.6) is 0 Å². The van der Waals surface area contributed by atoms with E-state index in [1.165, 1.54) is 11.0 Å². The number of carbonyl (C=O) groups is 6. The van der Waals surface area contributed by atoms with E-state index in [1.54, 1.807) is 40.7 Å². The van der Waals surface area contributed by atoms with Crippen LogP contribution < -0.4 is 21.3 Å². The van der Waals surface area contributed by atoms with Crippen molar-refractivity contribution in [2.24, 2.45) is 23.2 Å². The third kappa shape index (κ3) is 11.5. The highest BCUT2D eigenvalue weighted by molar-refractivity contribution is 6.38. The number of amides is 5. The summed E-state index contributed by atoms with van der Waals surface area (Å²) < 4.78 is 5.58. The number of carbonyl (C=O) groups excluding carboxylic acids is 6. The van der Waals surface area contributed by atoms with Gasteiger partial charge in [0.05, 0.1) is 6.04 Å². The molecule has 5 atom stereocenters. The first-order valence-corrected chi connectivity index (χ1v) is 18.9. The average molecular weight is 736 g/mol. The number of unbranched alkanes of at least 4 members (excludes halogenated alkanes) is 1. The van der Waals surface area contributed by atoms with Gasteiger partial charge in [-0.05, 0) is 80.8 Å². The van der Waals surface area contributed by atoms with E-state index >= 15 is 0 Å². The minimum atomic E-state index is -1.08. The number of Topliss-reactive ketones (excluding diaryl/α,β-unsaturated/α-hetero) is 1. The molecule has 292 valence electrons. The van der Waals surface area contributed by atoms with Gasteiger partial charge in [0.1, 0.15) is 23.7 Å². The van der Waals surface area contributed by atoms with Crippen LogP contribution in [-0.2, 0) is 41.6 Å². The zero-order valence-electron chi connectivity index (χ0n) is 32.9. The van der Waals surface area contributed by atoms with Crippen LogP contribution in [0.25, 0.3) is 0 Å². The first-order valence-electron chi connectivity index (χ1n) is 18.9. The Bertz CT molecular complexity index is 1510. The van der Waals surface area contributed by atoms with E-state index in [-0.39, 0.29) is 43.7 Å². The van der Waals surface area contributed by atoms with E-state index in [9.17, 15) is 28.8 Å². The molecule has 5 amide bonds. The van der Waals surface area contributed by atoms with Crippen LogP contribution >= 0.6 is 0 Å². The SMILES string of the molecule is C=CCNC(=O)C(=O)C(CCCC)NC(=O)[C@@H]1C[C@@H](C(C)(C)C=C)CN1C(=O)[C@@H](NC(=O)N[C@H](C(=O)OC(C)(C)C)C(C)C)C1Cc2ccccc2C1. The van der Waals surface area contributed by atoms with Gasteiger partial charge in [0.2, 0.25) is 17.6 Å². The second-order valence-corrected chi connectivity index (χ2v) is 16.3. The lowest BCUT2D eigenvalue weighted by atomic mass is 9.77. The van der Waals surface area contributed by atoms with Crippen molar-refractivity contribution in [1.29, 1.82) is 0 Å². The molecule has 0 spiro atoms. The number of ether oxygens (including phenoxy) is 1. The number of allylic oxidation sites excluding steroid dienone is 1. The number of hydrogen-bond acceptors (Lipinski definition) is 7. The third-order valence-electron chi connectivity index (χ3n) is 10.3. The van der Waals surface area contributed by atoms with Crippen LogP contribution in [-0.4, -0.2) is 83.3 Å². The van der Waals surface area contributed by atoms with Gasteiger partial charge in [-0.25, -0.2) is 9.59 Å². The van der Waals surface area contributed by atoms with Crippen molar-refractivity contribution in [2.45, 2.75) is 124 Å². The van der Waals surface area contributed by atoms with Crippen LogP contribution in [0.4, 0.5) is 4.79 Å². The van der Waals surface area contributed by atoms with Gasteiger partial charge in [-0.15, -0.1) is 13.2 Å². The maximum Gasteiger partial charge on any atom is 0.329 e. The van der Waals surface area contributed by atoms with Crippen LogP contribution in [0, 0.1) is 23.2 Å². The molecule has 3 rings (SSSR count). The lowest BCUT2D eigenvalue weighted by Crippen LogP contribution is -2.60. The highest BCUT2D eigenvalue weighted by Gasteiger charge is 2.48.